The fourth-order valence-corrected chi connectivity index (χ4v) is 3.32. The number of nitrogens with zero attached hydrogens (tertiary/aromatic N) is 2. The van der Waals surface area contributed by atoms with Crippen molar-refractivity contribution in [3.05, 3.63) is 70.1 Å². The number of ether oxygens (including phenoxy) is 1. The van der Waals surface area contributed by atoms with Gasteiger partial charge in [0, 0.05) is 0 Å². The summed E-state index contributed by atoms with van der Waals surface area (Å²) in [6, 6.07) is 16.5. The van der Waals surface area contributed by atoms with Crippen LogP contribution in [-0.2, 0) is 4.79 Å². The van der Waals surface area contributed by atoms with Crippen LogP contribution in [0.5, 0.6) is 5.75 Å². The third-order valence-electron chi connectivity index (χ3n) is 3.78. The largest absolute Gasteiger partial charge is 0.492 e. The lowest BCUT2D eigenvalue weighted by atomic mass is 10.1. The maximum absolute atomic E-state index is 12.4. The molecule has 0 bridgehead atoms. The molecular weight excluding hydrogens is 348 g/mol. The van der Waals surface area contributed by atoms with Gasteiger partial charge in [0.05, 0.1) is 23.1 Å². The molecule has 0 aromatic heterocycles. The number of carbonyl (C=O) groups is 2. The summed E-state index contributed by atoms with van der Waals surface area (Å²) in [5, 5.41) is 8.51. The summed E-state index contributed by atoms with van der Waals surface area (Å²) < 4.78 is 5.62. The van der Waals surface area contributed by atoms with Gasteiger partial charge in [0.25, 0.3) is 11.1 Å². The number of hydrogen-bond acceptors (Lipinski definition) is 5. The van der Waals surface area contributed by atoms with Gasteiger partial charge in [-0.1, -0.05) is 24.3 Å². The number of nitriles is 1. The molecule has 130 valence electrons. The van der Waals surface area contributed by atoms with Gasteiger partial charge in [0.1, 0.15) is 12.4 Å². The van der Waals surface area contributed by atoms with Crippen LogP contribution >= 0.6 is 11.8 Å². The maximum atomic E-state index is 12.4. The van der Waals surface area contributed by atoms with Crippen molar-refractivity contribution in [2.45, 2.75) is 6.92 Å². The molecule has 3 rings (SSSR count). The Labute approximate surface area is 155 Å². The Morgan fingerprint density at radius 1 is 1.19 bits per heavy atom. The summed E-state index contributed by atoms with van der Waals surface area (Å²) in [6.45, 7) is 2.41. The molecule has 5 nitrogen and oxygen atoms in total. The molecule has 2 aromatic carbocycles. The zero-order valence-electron chi connectivity index (χ0n) is 14.1. The van der Waals surface area contributed by atoms with Crippen molar-refractivity contribution in [3.8, 4) is 11.8 Å². The van der Waals surface area contributed by atoms with Crippen LogP contribution in [0.1, 0.15) is 16.7 Å². The molecule has 0 atom stereocenters. The number of carbonyl (C=O) groups excluding carboxylic acids is 2. The molecule has 2 amide bonds. The molecule has 1 fully saturated rings. The van der Waals surface area contributed by atoms with Crippen LogP contribution in [0.3, 0.4) is 0 Å². The Balaban J connectivity index is 1.63. The molecule has 26 heavy (non-hydrogen) atoms. The standard InChI is InChI=1S/C20H16N2O3S/c1-14-3-2-4-17(11-14)25-10-9-22-19(23)18(26-20(22)24)12-15-5-7-16(13-21)8-6-15/h2-8,11-12H,9-10H2,1H3/b18-12-. The lowest BCUT2D eigenvalue weighted by Gasteiger charge is -2.13. The summed E-state index contributed by atoms with van der Waals surface area (Å²) in [5.41, 5.74) is 2.40. The van der Waals surface area contributed by atoms with Crippen molar-refractivity contribution in [1.29, 1.82) is 5.26 Å². The fourth-order valence-electron chi connectivity index (χ4n) is 2.46. The van der Waals surface area contributed by atoms with Crippen molar-refractivity contribution < 1.29 is 14.3 Å². The zero-order chi connectivity index (χ0) is 18.5. The number of rotatable bonds is 5. The smallest absolute Gasteiger partial charge is 0.293 e. The highest BCUT2D eigenvalue weighted by Crippen LogP contribution is 2.32. The number of aryl methyl sites for hydroxylation is 1. The van der Waals surface area contributed by atoms with Crippen LogP contribution in [0, 0.1) is 18.3 Å². The van der Waals surface area contributed by atoms with E-state index in [9.17, 15) is 9.59 Å². The third-order valence-corrected chi connectivity index (χ3v) is 4.69. The minimum atomic E-state index is -0.322. The second kappa shape index (κ2) is 7.89. The first-order chi connectivity index (χ1) is 12.6. The van der Waals surface area contributed by atoms with E-state index in [2.05, 4.69) is 0 Å². The second-order valence-corrected chi connectivity index (χ2v) is 6.73. The normalized spacial score (nSPS) is 15.4. The van der Waals surface area contributed by atoms with E-state index in [1.165, 1.54) is 4.90 Å². The summed E-state index contributed by atoms with van der Waals surface area (Å²) in [7, 11) is 0. The molecule has 0 saturated carbocycles. The van der Waals surface area contributed by atoms with E-state index in [1.807, 2.05) is 37.3 Å². The number of benzene rings is 2. The molecule has 0 aliphatic carbocycles. The average Bonchev–Trinajstić information content (AvgIpc) is 2.90. The lowest BCUT2D eigenvalue weighted by Crippen LogP contribution is -2.32. The Morgan fingerprint density at radius 3 is 2.65 bits per heavy atom. The molecule has 0 spiro atoms. The first kappa shape index (κ1) is 17.8. The minimum Gasteiger partial charge on any atom is -0.492 e. The van der Waals surface area contributed by atoms with Crippen molar-refractivity contribution in [1.82, 2.24) is 4.90 Å². The quantitative estimate of drug-likeness (QED) is 0.751. The van der Waals surface area contributed by atoms with E-state index in [0.717, 1.165) is 22.9 Å². The molecule has 1 aliphatic rings. The fraction of sp³-hybridized carbons (Fsp3) is 0.150. The summed E-state index contributed by atoms with van der Waals surface area (Å²) >= 11 is 0.913. The first-order valence-corrected chi connectivity index (χ1v) is 8.83. The number of hydrogen-bond donors (Lipinski definition) is 0. The van der Waals surface area contributed by atoms with E-state index in [-0.39, 0.29) is 24.3 Å². The third kappa shape index (κ3) is 4.13. The molecule has 0 unspecified atom stereocenters. The number of thioether (sulfide) groups is 1. The number of imide groups is 1. The van der Waals surface area contributed by atoms with E-state index < -0.39 is 0 Å². The van der Waals surface area contributed by atoms with Gasteiger partial charge in [-0.05, 0) is 60.2 Å². The second-order valence-electron chi connectivity index (χ2n) is 5.73. The molecule has 1 saturated heterocycles. The van der Waals surface area contributed by atoms with Crippen molar-refractivity contribution >= 4 is 29.0 Å². The van der Waals surface area contributed by atoms with Gasteiger partial charge in [0.2, 0.25) is 0 Å². The van der Waals surface area contributed by atoms with Crippen LogP contribution in [0.4, 0.5) is 4.79 Å². The Morgan fingerprint density at radius 2 is 1.96 bits per heavy atom. The lowest BCUT2D eigenvalue weighted by molar-refractivity contribution is -0.123. The van der Waals surface area contributed by atoms with E-state index in [1.54, 1.807) is 30.3 Å². The van der Waals surface area contributed by atoms with Gasteiger partial charge >= 0.3 is 0 Å². The minimum absolute atomic E-state index is 0.198. The van der Waals surface area contributed by atoms with Crippen LogP contribution in [-0.4, -0.2) is 29.2 Å². The van der Waals surface area contributed by atoms with Gasteiger partial charge in [0.15, 0.2) is 0 Å². The van der Waals surface area contributed by atoms with Crippen molar-refractivity contribution in [2.75, 3.05) is 13.2 Å². The van der Waals surface area contributed by atoms with Gasteiger partial charge in [-0.3, -0.25) is 14.5 Å². The topological polar surface area (TPSA) is 70.4 Å². The van der Waals surface area contributed by atoms with Crippen LogP contribution in [0.15, 0.2) is 53.4 Å². The average molecular weight is 364 g/mol. The SMILES string of the molecule is Cc1cccc(OCCN2C(=O)S/C(=C\c3ccc(C#N)cc3)C2=O)c1. The van der Waals surface area contributed by atoms with E-state index in [4.69, 9.17) is 10.00 Å². The highest BCUT2D eigenvalue weighted by molar-refractivity contribution is 8.18. The van der Waals surface area contributed by atoms with Crippen LogP contribution in [0.25, 0.3) is 6.08 Å². The first-order valence-electron chi connectivity index (χ1n) is 8.02. The molecule has 2 aromatic rings. The van der Waals surface area contributed by atoms with Crippen molar-refractivity contribution in [3.63, 3.8) is 0 Å². The zero-order valence-corrected chi connectivity index (χ0v) is 15.0. The van der Waals surface area contributed by atoms with Crippen LogP contribution in [0.2, 0.25) is 0 Å². The highest BCUT2D eigenvalue weighted by Gasteiger charge is 2.34. The van der Waals surface area contributed by atoms with E-state index in [0.29, 0.717) is 16.2 Å². The van der Waals surface area contributed by atoms with Gasteiger partial charge < -0.3 is 4.74 Å². The number of amides is 2. The molecular formula is C20H16N2O3S. The Kier molecular flexibility index (Phi) is 5.40. The maximum Gasteiger partial charge on any atom is 0.293 e. The highest BCUT2D eigenvalue weighted by atomic mass is 32.2. The van der Waals surface area contributed by atoms with Gasteiger partial charge in [-0.25, -0.2) is 0 Å². The van der Waals surface area contributed by atoms with Gasteiger partial charge in [-0.15, -0.1) is 0 Å². The summed E-state index contributed by atoms with van der Waals surface area (Å²) in [5.74, 6) is 0.391. The molecule has 1 aliphatic heterocycles. The van der Waals surface area contributed by atoms with Gasteiger partial charge in [-0.2, -0.15) is 5.26 Å². The van der Waals surface area contributed by atoms with Crippen molar-refractivity contribution in [2.24, 2.45) is 0 Å². The monoisotopic (exact) mass is 364 g/mol. The molecule has 0 N–H and O–H groups in total. The molecule has 1 heterocycles. The summed E-state index contributed by atoms with van der Waals surface area (Å²) in [6.07, 6.45) is 1.66. The molecule has 6 heteroatoms. The predicted octanol–water partition coefficient (Wildman–Crippen LogP) is 3.98. The Hall–Kier alpha value is -3.04. The molecule has 0 radical (unpaired) electrons. The Bertz CT molecular complexity index is 913. The predicted molar refractivity (Wildman–Crippen MR) is 101 cm³/mol. The summed E-state index contributed by atoms with van der Waals surface area (Å²) in [4.78, 5) is 26.1. The van der Waals surface area contributed by atoms with Crippen LogP contribution < -0.4 is 4.74 Å². The van der Waals surface area contributed by atoms with E-state index >= 15 is 0 Å².